The summed E-state index contributed by atoms with van der Waals surface area (Å²) in [5.41, 5.74) is 2.58. The molecule has 3 aromatic carbocycles. The quantitative estimate of drug-likeness (QED) is 0.320. The van der Waals surface area contributed by atoms with Gasteiger partial charge in [-0.1, -0.05) is 78.9 Å². The summed E-state index contributed by atoms with van der Waals surface area (Å²) in [4.78, 5) is 12.8. The average molecular weight is 560 g/mol. The van der Waals surface area contributed by atoms with Gasteiger partial charge >= 0.3 is 0 Å². The molecule has 41 heavy (non-hydrogen) atoms. The van der Waals surface area contributed by atoms with E-state index in [2.05, 4.69) is 5.32 Å². The van der Waals surface area contributed by atoms with Crippen LogP contribution in [0.1, 0.15) is 30.0 Å². The third-order valence-electron chi connectivity index (χ3n) is 7.50. The molecular formula is C33H37NO7. The standard InChI is InChI=1S/C33H37NO7/c1-23(36)34-33-18-27(19-35)17-29(30(33)38-20-24-9-5-3-6-10-24)41-32(31(33)39-21-25-11-7-4-8-12-25)40-22-26-13-15-28(37-2)16-14-26/h3-17,29-32,35H,18-22H2,1-2H3,(H,34,36)/t29-,30-,31-,32+,33-/m1/s1. The van der Waals surface area contributed by atoms with Crippen molar-refractivity contribution in [2.75, 3.05) is 13.7 Å². The highest BCUT2D eigenvalue weighted by molar-refractivity contribution is 5.74. The van der Waals surface area contributed by atoms with E-state index in [0.717, 1.165) is 28.0 Å². The Hall–Kier alpha value is -3.53. The number of nitrogens with one attached hydrogen (secondary N) is 1. The number of aliphatic hydroxyl groups is 1. The molecule has 8 heteroatoms. The first-order valence-electron chi connectivity index (χ1n) is 13.8. The Morgan fingerprint density at radius 1 is 0.854 bits per heavy atom. The summed E-state index contributed by atoms with van der Waals surface area (Å²) in [6, 6.07) is 27.3. The summed E-state index contributed by atoms with van der Waals surface area (Å²) in [7, 11) is 1.63. The SMILES string of the molecule is COc1ccc(CO[C@H]2O[C@@H]3C=C(CO)C[C@](NC(C)=O)([C@@H]2OCc2ccccc2)[C@@H]3OCc2ccccc2)cc1. The van der Waals surface area contributed by atoms with Crippen molar-refractivity contribution in [1.82, 2.24) is 5.32 Å². The Bertz CT molecular complexity index is 1300. The molecule has 1 saturated heterocycles. The van der Waals surface area contributed by atoms with Crippen LogP contribution >= 0.6 is 0 Å². The predicted octanol–water partition coefficient (Wildman–Crippen LogP) is 4.30. The molecule has 216 valence electrons. The third-order valence-corrected chi connectivity index (χ3v) is 7.50. The fraction of sp³-hybridized carbons (Fsp3) is 0.364. The third kappa shape index (κ3) is 6.86. The molecule has 0 saturated carbocycles. The number of amides is 1. The first-order valence-corrected chi connectivity index (χ1v) is 13.8. The van der Waals surface area contributed by atoms with Crippen molar-refractivity contribution in [2.24, 2.45) is 0 Å². The van der Waals surface area contributed by atoms with Gasteiger partial charge in [-0.15, -0.1) is 0 Å². The molecule has 2 aliphatic rings. The van der Waals surface area contributed by atoms with Crippen LogP contribution in [0.4, 0.5) is 0 Å². The zero-order chi connectivity index (χ0) is 28.7. The number of rotatable bonds is 12. The summed E-state index contributed by atoms with van der Waals surface area (Å²) < 4.78 is 31.3. The zero-order valence-electron chi connectivity index (χ0n) is 23.4. The minimum atomic E-state index is -1.06. The van der Waals surface area contributed by atoms with Crippen LogP contribution in [0.15, 0.2) is 96.6 Å². The highest BCUT2D eigenvalue weighted by Gasteiger charge is 2.60. The van der Waals surface area contributed by atoms with Gasteiger partial charge in [0, 0.05) is 6.92 Å². The molecule has 8 nitrogen and oxygen atoms in total. The van der Waals surface area contributed by atoms with Crippen LogP contribution in [0.3, 0.4) is 0 Å². The second kappa shape index (κ2) is 13.4. The van der Waals surface area contributed by atoms with E-state index in [0.29, 0.717) is 13.0 Å². The Labute approximate surface area is 240 Å². The molecule has 5 rings (SSSR count). The number of carbonyl (C=O) groups excluding carboxylic acids is 1. The van der Waals surface area contributed by atoms with E-state index < -0.39 is 30.1 Å². The fourth-order valence-corrected chi connectivity index (χ4v) is 5.63. The van der Waals surface area contributed by atoms with Crippen molar-refractivity contribution in [3.63, 3.8) is 0 Å². The smallest absolute Gasteiger partial charge is 0.217 e. The van der Waals surface area contributed by atoms with E-state index in [1.54, 1.807) is 7.11 Å². The highest BCUT2D eigenvalue weighted by Crippen LogP contribution is 2.44. The minimum Gasteiger partial charge on any atom is -0.497 e. The molecule has 0 radical (unpaired) electrons. The van der Waals surface area contributed by atoms with Gasteiger partial charge in [0.1, 0.15) is 29.6 Å². The van der Waals surface area contributed by atoms with Gasteiger partial charge in [-0.3, -0.25) is 4.79 Å². The number of fused-ring (bicyclic) bond motifs is 2. The molecule has 1 aliphatic carbocycles. The van der Waals surface area contributed by atoms with Crippen molar-refractivity contribution in [3.05, 3.63) is 113 Å². The Kier molecular flexibility index (Phi) is 9.49. The number of aliphatic hydroxyl groups excluding tert-OH is 1. The van der Waals surface area contributed by atoms with Crippen molar-refractivity contribution < 1.29 is 33.6 Å². The second-order valence-electron chi connectivity index (χ2n) is 10.4. The summed E-state index contributed by atoms with van der Waals surface area (Å²) >= 11 is 0. The lowest BCUT2D eigenvalue weighted by Crippen LogP contribution is -2.75. The number of benzene rings is 3. The largest absolute Gasteiger partial charge is 0.497 e. The van der Waals surface area contributed by atoms with Crippen LogP contribution < -0.4 is 10.1 Å². The number of methoxy groups -OCH3 is 1. The van der Waals surface area contributed by atoms with Gasteiger partial charge in [-0.25, -0.2) is 0 Å². The average Bonchev–Trinajstić information content (AvgIpc) is 2.99. The van der Waals surface area contributed by atoms with Gasteiger partial charge in [0.05, 0.1) is 33.5 Å². The summed E-state index contributed by atoms with van der Waals surface area (Å²) in [5, 5.41) is 13.4. The molecule has 1 amide bonds. The van der Waals surface area contributed by atoms with E-state index in [1.165, 1.54) is 6.92 Å². The first-order chi connectivity index (χ1) is 20.0. The van der Waals surface area contributed by atoms with Gasteiger partial charge in [0.2, 0.25) is 5.91 Å². The van der Waals surface area contributed by atoms with E-state index in [-0.39, 0.29) is 25.7 Å². The van der Waals surface area contributed by atoms with Crippen molar-refractivity contribution >= 4 is 5.91 Å². The molecule has 3 aromatic rings. The topological polar surface area (TPSA) is 95.5 Å². The van der Waals surface area contributed by atoms with Gasteiger partial charge in [-0.05, 0) is 40.8 Å². The predicted molar refractivity (Wildman–Crippen MR) is 153 cm³/mol. The number of carbonyl (C=O) groups is 1. The summed E-state index contributed by atoms with van der Waals surface area (Å²) in [6.45, 7) is 2.15. The Morgan fingerprint density at radius 3 is 1.98 bits per heavy atom. The summed E-state index contributed by atoms with van der Waals surface area (Å²) in [6.07, 6.45) is -0.554. The van der Waals surface area contributed by atoms with Crippen LogP contribution in [0.5, 0.6) is 5.75 Å². The Morgan fingerprint density at radius 2 is 1.41 bits per heavy atom. The number of ether oxygens (including phenoxy) is 5. The fourth-order valence-electron chi connectivity index (χ4n) is 5.63. The first kappa shape index (κ1) is 29.0. The van der Waals surface area contributed by atoms with Crippen LogP contribution in [0, 0.1) is 0 Å². The van der Waals surface area contributed by atoms with Crippen molar-refractivity contribution in [1.29, 1.82) is 0 Å². The molecular weight excluding hydrogens is 522 g/mol. The molecule has 5 atom stereocenters. The molecule has 2 N–H and O–H groups in total. The molecule has 1 heterocycles. The number of hydrogen-bond donors (Lipinski definition) is 2. The van der Waals surface area contributed by atoms with Gasteiger partial charge < -0.3 is 34.1 Å². The molecule has 0 aromatic heterocycles. The highest BCUT2D eigenvalue weighted by atomic mass is 16.7. The maximum atomic E-state index is 12.8. The summed E-state index contributed by atoms with van der Waals surface area (Å²) in [5.74, 6) is 0.520. The van der Waals surface area contributed by atoms with Crippen molar-refractivity contribution in [3.8, 4) is 5.75 Å². The molecule has 0 spiro atoms. The van der Waals surface area contributed by atoms with Crippen LogP contribution in [-0.2, 0) is 43.6 Å². The zero-order valence-corrected chi connectivity index (χ0v) is 23.4. The second-order valence-corrected chi connectivity index (χ2v) is 10.4. The van der Waals surface area contributed by atoms with Crippen LogP contribution in [0.2, 0.25) is 0 Å². The number of hydrogen-bond acceptors (Lipinski definition) is 7. The Balaban J connectivity index is 1.48. The lowest BCUT2D eigenvalue weighted by molar-refractivity contribution is -0.310. The maximum absolute atomic E-state index is 12.8. The van der Waals surface area contributed by atoms with Gasteiger partial charge in [0.15, 0.2) is 6.29 Å². The lowest BCUT2D eigenvalue weighted by atomic mass is 9.71. The van der Waals surface area contributed by atoms with E-state index in [1.807, 2.05) is 91.0 Å². The molecule has 0 unspecified atom stereocenters. The normalized spacial score (nSPS) is 25.3. The molecule has 1 aliphatic heterocycles. The van der Waals surface area contributed by atoms with E-state index >= 15 is 0 Å². The van der Waals surface area contributed by atoms with Crippen molar-refractivity contribution in [2.45, 2.75) is 63.3 Å². The molecule has 2 bridgehead atoms. The van der Waals surface area contributed by atoms with Crippen LogP contribution in [-0.4, -0.2) is 54.9 Å². The van der Waals surface area contributed by atoms with Gasteiger partial charge in [0.25, 0.3) is 0 Å². The monoisotopic (exact) mass is 559 g/mol. The van der Waals surface area contributed by atoms with Crippen LogP contribution in [0.25, 0.3) is 0 Å². The molecule has 1 fully saturated rings. The lowest BCUT2D eigenvalue weighted by Gasteiger charge is -2.56. The van der Waals surface area contributed by atoms with E-state index in [4.69, 9.17) is 23.7 Å². The van der Waals surface area contributed by atoms with E-state index in [9.17, 15) is 9.90 Å². The van der Waals surface area contributed by atoms with Gasteiger partial charge in [-0.2, -0.15) is 0 Å². The maximum Gasteiger partial charge on any atom is 0.217 e. The minimum absolute atomic E-state index is 0.171.